The summed E-state index contributed by atoms with van der Waals surface area (Å²) in [5.74, 6) is -2.17. The average Bonchev–Trinajstić information content (AvgIpc) is 2.66. The summed E-state index contributed by atoms with van der Waals surface area (Å²) in [6.45, 7) is 1.83. The Bertz CT molecular complexity index is 887. The number of amides is 1. The number of nitrogens with one attached hydrogen (secondary N) is 1. The molecule has 2 aromatic carbocycles. The minimum absolute atomic E-state index is 0.0657. The van der Waals surface area contributed by atoms with Crippen LogP contribution in [0.1, 0.15) is 32.6 Å². The molecule has 1 atom stereocenters. The molecule has 30 heavy (non-hydrogen) atoms. The Kier molecular flexibility index (Phi) is 6.79. The number of esters is 1. The third-order valence-corrected chi connectivity index (χ3v) is 4.20. The molecule has 0 unspecified atom stereocenters. The van der Waals surface area contributed by atoms with E-state index in [1.54, 1.807) is 24.3 Å². The van der Waals surface area contributed by atoms with Gasteiger partial charge in [0.2, 0.25) is 0 Å². The maximum atomic E-state index is 13.0. The van der Waals surface area contributed by atoms with Crippen LogP contribution in [0.5, 0.6) is 0 Å². The van der Waals surface area contributed by atoms with Gasteiger partial charge < -0.3 is 10.1 Å². The van der Waals surface area contributed by atoms with Crippen LogP contribution in [0, 0.1) is 6.92 Å². The van der Waals surface area contributed by atoms with Gasteiger partial charge in [0.05, 0.1) is 18.2 Å². The molecular formula is C20H17F6NO3. The van der Waals surface area contributed by atoms with E-state index in [0.717, 1.165) is 12.7 Å². The molecule has 162 valence electrons. The second-order valence-electron chi connectivity index (χ2n) is 6.53. The third-order valence-electron chi connectivity index (χ3n) is 4.20. The molecule has 2 aromatic rings. The molecule has 10 heteroatoms. The van der Waals surface area contributed by atoms with Gasteiger partial charge in [0.15, 0.2) is 0 Å². The minimum Gasteiger partial charge on any atom is -0.467 e. The lowest BCUT2D eigenvalue weighted by molar-refractivity contribution is -0.144. The molecule has 0 aliphatic rings. The Morgan fingerprint density at radius 3 is 1.87 bits per heavy atom. The molecule has 0 aromatic heterocycles. The van der Waals surface area contributed by atoms with E-state index in [9.17, 15) is 35.9 Å². The standard InChI is InChI=1S/C20H17F6NO3/c1-11-3-5-12(6-4-11)7-16(18(29)30-2)27-17(28)13-8-14(19(21,22)23)10-15(9-13)20(24,25)26/h3-6,8-10,16H,7H2,1-2H3,(H,27,28)/t16-/m1/s1. The first-order chi connectivity index (χ1) is 13.8. The van der Waals surface area contributed by atoms with E-state index >= 15 is 0 Å². The highest BCUT2D eigenvalue weighted by Gasteiger charge is 2.37. The van der Waals surface area contributed by atoms with Crippen molar-refractivity contribution in [3.05, 3.63) is 70.3 Å². The Morgan fingerprint density at radius 1 is 0.933 bits per heavy atom. The number of ether oxygens (including phenoxy) is 1. The molecule has 1 amide bonds. The van der Waals surface area contributed by atoms with Crippen LogP contribution in [0.2, 0.25) is 0 Å². The zero-order valence-electron chi connectivity index (χ0n) is 15.8. The number of halogens is 6. The maximum absolute atomic E-state index is 13.0. The van der Waals surface area contributed by atoms with E-state index < -0.39 is 47.0 Å². The number of rotatable bonds is 5. The first-order valence-corrected chi connectivity index (χ1v) is 8.55. The van der Waals surface area contributed by atoms with Crippen LogP contribution >= 0.6 is 0 Å². The van der Waals surface area contributed by atoms with Crippen LogP contribution in [0.25, 0.3) is 0 Å². The van der Waals surface area contributed by atoms with Crippen molar-refractivity contribution in [1.29, 1.82) is 0 Å². The Labute approximate surface area is 167 Å². The monoisotopic (exact) mass is 433 g/mol. The molecular weight excluding hydrogens is 416 g/mol. The predicted octanol–water partition coefficient (Wildman–Crippen LogP) is 4.55. The number of carbonyl (C=O) groups is 2. The van der Waals surface area contributed by atoms with Crippen LogP contribution in [0.4, 0.5) is 26.3 Å². The number of carbonyl (C=O) groups excluding carboxylic acids is 2. The van der Waals surface area contributed by atoms with Crippen LogP contribution in [0.15, 0.2) is 42.5 Å². The molecule has 0 saturated heterocycles. The summed E-state index contributed by atoms with van der Waals surface area (Å²) in [5, 5.41) is 2.16. The third kappa shape index (κ3) is 5.98. The van der Waals surface area contributed by atoms with E-state index in [-0.39, 0.29) is 12.5 Å². The smallest absolute Gasteiger partial charge is 0.416 e. The number of hydrogen-bond donors (Lipinski definition) is 1. The van der Waals surface area contributed by atoms with E-state index in [1.807, 2.05) is 6.92 Å². The van der Waals surface area contributed by atoms with Crippen molar-refractivity contribution in [2.45, 2.75) is 31.7 Å². The van der Waals surface area contributed by atoms with Crippen LogP contribution in [0.3, 0.4) is 0 Å². The van der Waals surface area contributed by atoms with Gasteiger partial charge in [-0.25, -0.2) is 4.79 Å². The molecule has 4 nitrogen and oxygen atoms in total. The molecule has 2 rings (SSSR count). The van der Waals surface area contributed by atoms with Gasteiger partial charge in [-0.3, -0.25) is 4.79 Å². The fraction of sp³-hybridized carbons (Fsp3) is 0.300. The molecule has 0 saturated carbocycles. The fourth-order valence-corrected chi connectivity index (χ4v) is 2.62. The number of hydrogen-bond acceptors (Lipinski definition) is 3. The largest absolute Gasteiger partial charge is 0.467 e. The van der Waals surface area contributed by atoms with E-state index in [1.165, 1.54) is 0 Å². The minimum atomic E-state index is -5.10. The second-order valence-corrected chi connectivity index (χ2v) is 6.53. The van der Waals surface area contributed by atoms with E-state index in [0.29, 0.717) is 17.7 Å². The van der Waals surface area contributed by atoms with Crippen molar-refractivity contribution in [2.24, 2.45) is 0 Å². The topological polar surface area (TPSA) is 55.4 Å². The molecule has 0 heterocycles. The highest BCUT2D eigenvalue weighted by molar-refractivity contribution is 5.97. The first-order valence-electron chi connectivity index (χ1n) is 8.55. The Morgan fingerprint density at radius 2 is 1.43 bits per heavy atom. The highest BCUT2D eigenvalue weighted by Crippen LogP contribution is 2.36. The van der Waals surface area contributed by atoms with Gasteiger partial charge >= 0.3 is 18.3 Å². The van der Waals surface area contributed by atoms with Gasteiger partial charge in [-0.1, -0.05) is 29.8 Å². The van der Waals surface area contributed by atoms with Crippen LogP contribution < -0.4 is 5.32 Å². The van der Waals surface area contributed by atoms with Gasteiger partial charge in [-0.15, -0.1) is 0 Å². The lowest BCUT2D eigenvalue weighted by Crippen LogP contribution is -2.43. The quantitative estimate of drug-likeness (QED) is 0.556. The summed E-state index contributed by atoms with van der Waals surface area (Å²) in [5.41, 5.74) is -2.60. The van der Waals surface area contributed by atoms with Crippen molar-refractivity contribution < 1.29 is 40.7 Å². The molecule has 0 aliphatic heterocycles. The number of aryl methyl sites for hydroxylation is 1. The van der Waals surface area contributed by atoms with Crippen molar-refractivity contribution in [2.75, 3.05) is 7.11 Å². The lowest BCUT2D eigenvalue weighted by atomic mass is 10.0. The molecule has 1 N–H and O–H groups in total. The summed E-state index contributed by atoms with van der Waals surface area (Å²) in [7, 11) is 1.04. The van der Waals surface area contributed by atoms with E-state index in [4.69, 9.17) is 0 Å². The van der Waals surface area contributed by atoms with Crippen molar-refractivity contribution in [3.8, 4) is 0 Å². The number of methoxy groups -OCH3 is 1. The predicted molar refractivity (Wildman–Crippen MR) is 94.6 cm³/mol. The average molecular weight is 433 g/mol. The summed E-state index contributed by atoms with van der Waals surface area (Å²) >= 11 is 0. The Balaban J connectivity index is 2.36. The molecule has 0 radical (unpaired) electrons. The summed E-state index contributed by atoms with van der Waals surface area (Å²) in [6.07, 6.45) is -10.3. The zero-order chi connectivity index (χ0) is 22.7. The summed E-state index contributed by atoms with van der Waals surface area (Å²) < 4.78 is 82.5. The Hall–Kier alpha value is -3.04. The van der Waals surface area contributed by atoms with Gasteiger partial charge in [0.25, 0.3) is 5.91 Å². The van der Waals surface area contributed by atoms with Crippen LogP contribution in [-0.4, -0.2) is 25.0 Å². The van der Waals surface area contributed by atoms with Crippen molar-refractivity contribution >= 4 is 11.9 Å². The maximum Gasteiger partial charge on any atom is 0.416 e. The lowest BCUT2D eigenvalue weighted by Gasteiger charge is -2.18. The van der Waals surface area contributed by atoms with Crippen molar-refractivity contribution in [1.82, 2.24) is 5.32 Å². The second kappa shape index (κ2) is 8.76. The summed E-state index contributed by atoms with van der Waals surface area (Å²) in [4.78, 5) is 24.4. The molecule has 0 fully saturated rings. The number of alkyl halides is 6. The van der Waals surface area contributed by atoms with E-state index in [2.05, 4.69) is 10.1 Å². The van der Waals surface area contributed by atoms with Crippen LogP contribution in [-0.2, 0) is 28.3 Å². The highest BCUT2D eigenvalue weighted by atomic mass is 19.4. The first kappa shape index (κ1) is 23.2. The van der Waals surface area contributed by atoms with Gasteiger partial charge in [0, 0.05) is 12.0 Å². The van der Waals surface area contributed by atoms with Crippen molar-refractivity contribution in [3.63, 3.8) is 0 Å². The number of benzene rings is 2. The normalized spacial score (nSPS) is 12.9. The van der Waals surface area contributed by atoms with Gasteiger partial charge in [0.1, 0.15) is 6.04 Å². The zero-order valence-corrected chi connectivity index (χ0v) is 15.8. The SMILES string of the molecule is COC(=O)[C@@H](Cc1ccc(C)cc1)NC(=O)c1cc(C(F)(F)F)cc(C(F)(F)F)c1. The molecule has 0 spiro atoms. The van der Waals surface area contributed by atoms with Gasteiger partial charge in [-0.05, 0) is 30.7 Å². The fourth-order valence-electron chi connectivity index (χ4n) is 2.62. The molecule has 0 aliphatic carbocycles. The molecule has 0 bridgehead atoms. The summed E-state index contributed by atoms with van der Waals surface area (Å²) in [6, 6.07) is 6.03. The van der Waals surface area contributed by atoms with Gasteiger partial charge in [-0.2, -0.15) is 26.3 Å².